The summed E-state index contributed by atoms with van der Waals surface area (Å²) in [5, 5.41) is 0.723. The number of ether oxygens (including phenoxy) is 2. The van der Waals surface area contributed by atoms with Gasteiger partial charge in [-0.3, -0.25) is 4.90 Å². The average molecular weight is 480 g/mol. The van der Waals surface area contributed by atoms with Crippen LogP contribution >= 0.6 is 11.6 Å². The van der Waals surface area contributed by atoms with Gasteiger partial charge in [0.2, 0.25) is 0 Å². The molecule has 1 aliphatic heterocycles. The minimum absolute atomic E-state index is 0.164. The predicted octanol–water partition coefficient (Wildman–Crippen LogP) is 5.20. The van der Waals surface area contributed by atoms with Crippen LogP contribution in [0.15, 0.2) is 66.9 Å². The van der Waals surface area contributed by atoms with Crippen molar-refractivity contribution in [2.45, 2.75) is 33.1 Å². The molecule has 0 bridgehead atoms. The van der Waals surface area contributed by atoms with Crippen LogP contribution in [0, 0.1) is 0 Å². The molecule has 0 unspecified atom stereocenters. The quantitative estimate of drug-likeness (QED) is 0.414. The van der Waals surface area contributed by atoms with E-state index in [4.69, 9.17) is 21.1 Å². The lowest BCUT2D eigenvalue weighted by Gasteiger charge is -2.36. The van der Waals surface area contributed by atoms with Crippen molar-refractivity contribution in [3.05, 3.63) is 88.6 Å². The lowest BCUT2D eigenvalue weighted by atomic mass is 10.1. The molecule has 0 amide bonds. The second kappa shape index (κ2) is 11.4. The van der Waals surface area contributed by atoms with E-state index in [1.807, 2.05) is 50.2 Å². The lowest BCUT2D eigenvalue weighted by Crippen LogP contribution is -2.46. The SMILES string of the molecule is CC(C)OC(=O)c1cccnc1N1CCN(Cc2cccc(OCc3ccc(Cl)cc3)c2)CC1. The maximum absolute atomic E-state index is 12.5. The molecule has 0 radical (unpaired) electrons. The molecule has 34 heavy (non-hydrogen) atoms. The van der Waals surface area contributed by atoms with Crippen LogP contribution in [0.2, 0.25) is 5.02 Å². The van der Waals surface area contributed by atoms with Gasteiger partial charge in [0.1, 0.15) is 23.7 Å². The van der Waals surface area contributed by atoms with Crippen LogP contribution < -0.4 is 9.64 Å². The number of esters is 1. The van der Waals surface area contributed by atoms with E-state index in [2.05, 4.69) is 26.9 Å². The summed E-state index contributed by atoms with van der Waals surface area (Å²) in [5.74, 6) is 1.23. The number of halogens is 1. The van der Waals surface area contributed by atoms with E-state index in [9.17, 15) is 4.79 Å². The van der Waals surface area contributed by atoms with Crippen molar-refractivity contribution in [3.8, 4) is 5.75 Å². The van der Waals surface area contributed by atoms with E-state index in [0.717, 1.165) is 49.1 Å². The number of carbonyl (C=O) groups is 1. The Kier molecular flexibility index (Phi) is 8.03. The molecule has 2 heterocycles. The summed E-state index contributed by atoms with van der Waals surface area (Å²) in [6, 6.07) is 19.5. The minimum atomic E-state index is -0.323. The molecule has 6 nitrogen and oxygen atoms in total. The summed E-state index contributed by atoms with van der Waals surface area (Å²) in [5.41, 5.74) is 2.81. The highest BCUT2D eigenvalue weighted by Crippen LogP contribution is 2.22. The number of benzene rings is 2. The molecular formula is C27H30ClN3O3. The molecule has 0 saturated carbocycles. The maximum atomic E-state index is 12.5. The Hall–Kier alpha value is -3.09. The van der Waals surface area contributed by atoms with E-state index >= 15 is 0 Å². The highest BCUT2D eigenvalue weighted by molar-refractivity contribution is 6.30. The molecule has 178 valence electrons. The predicted molar refractivity (Wildman–Crippen MR) is 135 cm³/mol. The largest absolute Gasteiger partial charge is 0.489 e. The van der Waals surface area contributed by atoms with Crippen molar-refractivity contribution in [2.75, 3.05) is 31.1 Å². The van der Waals surface area contributed by atoms with Gasteiger partial charge in [-0.1, -0.05) is 35.9 Å². The summed E-state index contributed by atoms with van der Waals surface area (Å²) in [7, 11) is 0. The summed E-state index contributed by atoms with van der Waals surface area (Å²) in [6.45, 7) is 8.41. The Morgan fingerprint density at radius 1 is 1.00 bits per heavy atom. The van der Waals surface area contributed by atoms with Gasteiger partial charge in [0, 0.05) is 43.9 Å². The van der Waals surface area contributed by atoms with E-state index in [1.54, 1.807) is 18.3 Å². The zero-order chi connectivity index (χ0) is 23.9. The third kappa shape index (κ3) is 6.49. The molecule has 0 atom stereocenters. The fourth-order valence-electron chi connectivity index (χ4n) is 3.94. The Balaban J connectivity index is 1.32. The first-order chi connectivity index (χ1) is 16.5. The maximum Gasteiger partial charge on any atom is 0.342 e. The Bertz CT molecular complexity index is 1100. The first-order valence-corrected chi connectivity index (χ1v) is 12.0. The number of hydrogen-bond donors (Lipinski definition) is 0. The fourth-order valence-corrected chi connectivity index (χ4v) is 4.07. The van der Waals surface area contributed by atoms with Gasteiger partial charge in [0.05, 0.1) is 6.10 Å². The van der Waals surface area contributed by atoms with Crippen molar-refractivity contribution in [1.29, 1.82) is 0 Å². The highest BCUT2D eigenvalue weighted by Gasteiger charge is 2.23. The number of carbonyl (C=O) groups excluding carboxylic acids is 1. The minimum Gasteiger partial charge on any atom is -0.489 e. The number of nitrogens with zero attached hydrogens (tertiary/aromatic N) is 3. The van der Waals surface area contributed by atoms with Gasteiger partial charge in [-0.2, -0.15) is 0 Å². The van der Waals surface area contributed by atoms with E-state index in [1.165, 1.54) is 5.56 Å². The van der Waals surface area contributed by atoms with Crippen molar-refractivity contribution in [2.24, 2.45) is 0 Å². The number of anilines is 1. The van der Waals surface area contributed by atoms with Gasteiger partial charge in [-0.25, -0.2) is 9.78 Å². The molecule has 0 spiro atoms. The fraction of sp³-hybridized carbons (Fsp3) is 0.333. The van der Waals surface area contributed by atoms with Crippen molar-refractivity contribution in [1.82, 2.24) is 9.88 Å². The number of hydrogen-bond acceptors (Lipinski definition) is 6. The number of piperazine rings is 1. The standard InChI is InChI=1S/C27H30ClN3O3/c1-20(2)34-27(32)25-7-4-12-29-26(25)31-15-13-30(14-16-31)18-22-5-3-6-24(17-22)33-19-21-8-10-23(28)11-9-21/h3-12,17,20H,13-16,18-19H2,1-2H3. The first-order valence-electron chi connectivity index (χ1n) is 11.6. The van der Waals surface area contributed by atoms with Crippen LogP contribution in [0.4, 0.5) is 5.82 Å². The summed E-state index contributed by atoms with van der Waals surface area (Å²) < 4.78 is 11.4. The Labute approximate surface area is 206 Å². The second-order valence-corrected chi connectivity index (χ2v) is 9.09. The van der Waals surface area contributed by atoms with Crippen molar-refractivity contribution >= 4 is 23.4 Å². The van der Waals surface area contributed by atoms with Gasteiger partial charge in [-0.05, 0) is 61.4 Å². The number of rotatable bonds is 8. The molecule has 3 aromatic rings. The van der Waals surface area contributed by atoms with E-state index in [-0.39, 0.29) is 12.1 Å². The molecule has 7 heteroatoms. The van der Waals surface area contributed by atoms with Crippen LogP contribution in [0.3, 0.4) is 0 Å². The van der Waals surface area contributed by atoms with Gasteiger partial charge in [-0.15, -0.1) is 0 Å². The molecule has 1 saturated heterocycles. The molecule has 2 aromatic carbocycles. The molecule has 0 aliphatic carbocycles. The molecule has 1 aromatic heterocycles. The van der Waals surface area contributed by atoms with Crippen LogP contribution in [0.5, 0.6) is 5.75 Å². The van der Waals surface area contributed by atoms with Crippen LogP contribution in [-0.2, 0) is 17.9 Å². The summed E-state index contributed by atoms with van der Waals surface area (Å²) in [4.78, 5) is 21.6. The van der Waals surface area contributed by atoms with Crippen molar-refractivity contribution in [3.63, 3.8) is 0 Å². The zero-order valence-corrected chi connectivity index (χ0v) is 20.4. The van der Waals surface area contributed by atoms with Gasteiger partial charge in [0.15, 0.2) is 0 Å². The second-order valence-electron chi connectivity index (χ2n) is 8.65. The molecule has 4 rings (SSSR count). The monoisotopic (exact) mass is 479 g/mol. The Morgan fingerprint density at radius 2 is 1.76 bits per heavy atom. The highest BCUT2D eigenvalue weighted by atomic mass is 35.5. The molecule has 0 N–H and O–H groups in total. The van der Waals surface area contributed by atoms with Crippen LogP contribution in [0.25, 0.3) is 0 Å². The van der Waals surface area contributed by atoms with E-state index < -0.39 is 0 Å². The number of pyridine rings is 1. The van der Waals surface area contributed by atoms with Gasteiger partial charge >= 0.3 is 5.97 Å². The van der Waals surface area contributed by atoms with Crippen LogP contribution in [0.1, 0.15) is 35.3 Å². The Morgan fingerprint density at radius 3 is 2.50 bits per heavy atom. The van der Waals surface area contributed by atoms with Gasteiger partial charge < -0.3 is 14.4 Å². The average Bonchev–Trinajstić information content (AvgIpc) is 2.84. The molecular weight excluding hydrogens is 450 g/mol. The lowest BCUT2D eigenvalue weighted by molar-refractivity contribution is 0.0378. The smallest absolute Gasteiger partial charge is 0.342 e. The van der Waals surface area contributed by atoms with E-state index in [0.29, 0.717) is 18.0 Å². The van der Waals surface area contributed by atoms with Crippen molar-refractivity contribution < 1.29 is 14.3 Å². The third-order valence-electron chi connectivity index (χ3n) is 5.64. The molecule has 1 fully saturated rings. The number of aromatic nitrogens is 1. The topological polar surface area (TPSA) is 54.9 Å². The first kappa shape index (κ1) is 24.0. The third-order valence-corrected chi connectivity index (χ3v) is 5.90. The zero-order valence-electron chi connectivity index (χ0n) is 19.6. The summed E-state index contributed by atoms with van der Waals surface area (Å²) in [6.07, 6.45) is 1.56. The van der Waals surface area contributed by atoms with Gasteiger partial charge in [0.25, 0.3) is 0 Å². The van der Waals surface area contributed by atoms with Crippen LogP contribution in [-0.4, -0.2) is 48.1 Å². The molecule has 1 aliphatic rings. The summed E-state index contributed by atoms with van der Waals surface area (Å²) >= 11 is 5.95. The normalized spacial score (nSPS) is 14.3.